The lowest BCUT2D eigenvalue weighted by molar-refractivity contribution is 0.160. The molecular formula is C12H22N2O3. The van der Waals surface area contributed by atoms with E-state index >= 15 is 0 Å². The fourth-order valence-corrected chi connectivity index (χ4v) is 1.18. The first-order chi connectivity index (χ1) is 8.06. The minimum Gasteiger partial charge on any atom is -0.391 e. The Morgan fingerprint density at radius 3 is 2.59 bits per heavy atom. The molecule has 0 spiro atoms. The largest absolute Gasteiger partial charge is 0.391 e. The Morgan fingerprint density at radius 2 is 2.18 bits per heavy atom. The van der Waals surface area contributed by atoms with Crippen LogP contribution in [0.2, 0.25) is 0 Å². The van der Waals surface area contributed by atoms with Gasteiger partial charge in [0.2, 0.25) is 0 Å². The monoisotopic (exact) mass is 242 g/mol. The zero-order valence-electron chi connectivity index (χ0n) is 10.5. The van der Waals surface area contributed by atoms with Crippen LogP contribution in [0.3, 0.4) is 0 Å². The topological polar surface area (TPSA) is 88.1 Å². The molecule has 0 amide bonds. The van der Waals surface area contributed by atoms with Gasteiger partial charge in [-0.1, -0.05) is 31.7 Å². The molecule has 0 aromatic carbocycles. The lowest BCUT2D eigenvalue weighted by Crippen LogP contribution is -2.23. The Hall–Kier alpha value is -1.17. The Labute approximate surface area is 102 Å². The first-order valence-electron chi connectivity index (χ1n) is 5.67. The maximum atomic E-state index is 9.33. The van der Waals surface area contributed by atoms with E-state index in [1.165, 1.54) is 0 Å². The van der Waals surface area contributed by atoms with Gasteiger partial charge in [0.05, 0.1) is 12.3 Å². The maximum Gasteiger partial charge on any atom is 0.142 e. The lowest BCUT2D eigenvalue weighted by Gasteiger charge is -2.12. The molecule has 1 unspecified atom stereocenters. The summed E-state index contributed by atoms with van der Waals surface area (Å²) in [5.41, 5.74) is 7.11. The lowest BCUT2D eigenvalue weighted by atomic mass is 10.1. The minimum atomic E-state index is -1.06. The van der Waals surface area contributed by atoms with Gasteiger partial charge in [0.25, 0.3) is 0 Å². The first kappa shape index (κ1) is 15.8. The standard InChI is InChI=1S/C12H22N2O3/c1-4-6-11(12(13)16)9(3)8-17-14-10(5-2)7-15/h6,12,15-16H,3-5,7-8,13H2,1-2H3/b11-6+,14-10+. The van der Waals surface area contributed by atoms with E-state index in [9.17, 15) is 5.11 Å². The van der Waals surface area contributed by atoms with E-state index < -0.39 is 6.23 Å². The summed E-state index contributed by atoms with van der Waals surface area (Å²) in [7, 11) is 0. The van der Waals surface area contributed by atoms with Crippen molar-refractivity contribution in [1.82, 2.24) is 0 Å². The average molecular weight is 242 g/mol. The SMILES string of the molecule is C=C(CO/N=C(\CC)CO)/C(=C\CC)C(N)O. The Balaban J connectivity index is 4.34. The van der Waals surface area contributed by atoms with Crippen LogP contribution in [0, 0.1) is 0 Å². The zero-order valence-corrected chi connectivity index (χ0v) is 10.5. The van der Waals surface area contributed by atoms with E-state index in [-0.39, 0.29) is 13.2 Å². The molecule has 98 valence electrons. The van der Waals surface area contributed by atoms with Crippen molar-refractivity contribution in [3.05, 3.63) is 23.8 Å². The first-order valence-corrected chi connectivity index (χ1v) is 5.67. The van der Waals surface area contributed by atoms with Crippen LogP contribution in [-0.4, -0.2) is 35.4 Å². The van der Waals surface area contributed by atoms with Crippen LogP contribution in [0.25, 0.3) is 0 Å². The van der Waals surface area contributed by atoms with Gasteiger partial charge in [-0.2, -0.15) is 0 Å². The number of allylic oxidation sites excluding steroid dienone is 1. The van der Waals surface area contributed by atoms with Crippen molar-refractivity contribution in [1.29, 1.82) is 0 Å². The van der Waals surface area contributed by atoms with Crippen molar-refractivity contribution in [2.75, 3.05) is 13.2 Å². The molecule has 0 bridgehead atoms. The van der Waals surface area contributed by atoms with Crippen molar-refractivity contribution in [3.8, 4) is 0 Å². The summed E-state index contributed by atoms with van der Waals surface area (Å²) in [4.78, 5) is 5.04. The molecule has 0 aromatic heterocycles. The molecule has 0 aromatic rings. The highest BCUT2D eigenvalue weighted by atomic mass is 16.6. The molecule has 1 atom stereocenters. The molecule has 0 heterocycles. The van der Waals surface area contributed by atoms with E-state index in [0.29, 0.717) is 23.3 Å². The fourth-order valence-electron chi connectivity index (χ4n) is 1.18. The van der Waals surface area contributed by atoms with Crippen LogP contribution >= 0.6 is 0 Å². The third-order valence-corrected chi connectivity index (χ3v) is 2.17. The molecule has 17 heavy (non-hydrogen) atoms. The molecule has 0 rings (SSSR count). The number of aliphatic hydroxyl groups is 2. The van der Waals surface area contributed by atoms with E-state index in [4.69, 9.17) is 15.7 Å². The van der Waals surface area contributed by atoms with Gasteiger partial charge < -0.3 is 20.8 Å². The quantitative estimate of drug-likeness (QED) is 0.256. The van der Waals surface area contributed by atoms with Gasteiger partial charge >= 0.3 is 0 Å². The number of aliphatic hydroxyl groups excluding tert-OH is 2. The van der Waals surface area contributed by atoms with E-state index in [2.05, 4.69) is 11.7 Å². The smallest absolute Gasteiger partial charge is 0.142 e. The van der Waals surface area contributed by atoms with E-state index in [0.717, 1.165) is 6.42 Å². The van der Waals surface area contributed by atoms with Gasteiger partial charge in [0.1, 0.15) is 12.8 Å². The number of hydrogen-bond donors (Lipinski definition) is 3. The van der Waals surface area contributed by atoms with Gasteiger partial charge in [-0.05, 0) is 24.0 Å². The van der Waals surface area contributed by atoms with Gasteiger partial charge in [0.15, 0.2) is 0 Å². The molecule has 0 fully saturated rings. The summed E-state index contributed by atoms with van der Waals surface area (Å²) in [6.45, 7) is 7.61. The molecule has 5 heteroatoms. The highest BCUT2D eigenvalue weighted by molar-refractivity contribution is 5.84. The van der Waals surface area contributed by atoms with Crippen LogP contribution in [0.5, 0.6) is 0 Å². The second-order valence-electron chi connectivity index (χ2n) is 3.56. The number of nitrogens with two attached hydrogens (primary N) is 1. The van der Waals surface area contributed by atoms with Crippen molar-refractivity contribution in [3.63, 3.8) is 0 Å². The number of nitrogens with zero attached hydrogens (tertiary/aromatic N) is 1. The van der Waals surface area contributed by atoms with E-state index in [1.54, 1.807) is 6.08 Å². The van der Waals surface area contributed by atoms with Crippen molar-refractivity contribution >= 4 is 5.71 Å². The molecule has 0 aliphatic carbocycles. The van der Waals surface area contributed by atoms with E-state index in [1.807, 2.05) is 13.8 Å². The number of oxime groups is 1. The number of rotatable bonds is 8. The van der Waals surface area contributed by atoms with Crippen molar-refractivity contribution in [2.45, 2.75) is 32.9 Å². The number of hydrogen-bond acceptors (Lipinski definition) is 5. The summed E-state index contributed by atoms with van der Waals surface area (Å²) in [5.74, 6) is 0. The highest BCUT2D eigenvalue weighted by Gasteiger charge is 2.09. The van der Waals surface area contributed by atoms with Crippen LogP contribution in [0.15, 0.2) is 29.0 Å². The summed E-state index contributed by atoms with van der Waals surface area (Å²) >= 11 is 0. The van der Waals surface area contributed by atoms with Crippen LogP contribution < -0.4 is 5.73 Å². The summed E-state index contributed by atoms with van der Waals surface area (Å²) in [6, 6.07) is 0. The normalized spacial score (nSPS) is 14.6. The Morgan fingerprint density at radius 1 is 1.53 bits per heavy atom. The molecule has 0 aliphatic heterocycles. The maximum absolute atomic E-state index is 9.33. The van der Waals surface area contributed by atoms with Crippen LogP contribution in [0.1, 0.15) is 26.7 Å². The fraction of sp³-hybridized carbons (Fsp3) is 0.583. The zero-order chi connectivity index (χ0) is 13.3. The molecule has 0 radical (unpaired) electrons. The molecule has 4 N–H and O–H groups in total. The molecular weight excluding hydrogens is 220 g/mol. The second kappa shape index (κ2) is 8.92. The Bertz CT molecular complexity index is 290. The summed E-state index contributed by atoms with van der Waals surface area (Å²) in [6.07, 6.45) is 2.12. The highest BCUT2D eigenvalue weighted by Crippen LogP contribution is 2.11. The Kier molecular flexibility index (Phi) is 8.31. The molecule has 0 saturated heterocycles. The summed E-state index contributed by atoms with van der Waals surface area (Å²) in [5, 5.41) is 22.0. The molecule has 5 nitrogen and oxygen atoms in total. The van der Waals surface area contributed by atoms with Crippen LogP contribution in [0.4, 0.5) is 0 Å². The predicted molar refractivity (Wildman–Crippen MR) is 68.5 cm³/mol. The summed E-state index contributed by atoms with van der Waals surface area (Å²) < 4.78 is 0. The third kappa shape index (κ3) is 6.21. The van der Waals surface area contributed by atoms with Crippen molar-refractivity contribution < 1.29 is 15.1 Å². The molecule has 0 saturated carbocycles. The minimum absolute atomic E-state index is 0.125. The second-order valence-corrected chi connectivity index (χ2v) is 3.56. The predicted octanol–water partition coefficient (Wildman–Crippen LogP) is 0.931. The third-order valence-electron chi connectivity index (χ3n) is 2.17. The molecule has 0 aliphatic rings. The van der Waals surface area contributed by atoms with Gasteiger partial charge in [0, 0.05) is 0 Å². The van der Waals surface area contributed by atoms with Crippen molar-refractivity contribution in [2.24, 2.45) is 10.9 Å². The van der Waals surface area contributed by atoms with Gasteiger partial charge in [-0.3, -0.25) is 0 Å². The van der Waals surface area contributed by atoms with Crippen LogP contribution in [-0.2, 0) is 4.84 Å². The van der Waals surface area contributed by atoms with Gasteiger partial charge in [-0.15, -0.1) is 0 Å². The van der Waals surface area contributed by atoms with Gasteiger partial charge in [-0.25, -0.2) is 0 Å². The average Bonchev–Trinajstić information content (AvgIpc) is 2.31.